The van der Waals surface area contributed by atoms with Gasteiger partial charge in [-0.15, -0.1) is 17.9 Å². The summed E-state index contributed by atoms with van der Waals surface area (Å²) in [4.78, 5) is 1.48. The molecule has 0 radical (unpaired) electrons. The van der Waals surface area contributed by atoms with Gasteiger partial charge in [-0.3, -0.25) is 0 Å². The smallest absolute Gasteiger partial charge is 0.0102 e. The maximum absolute atomic E-state index is 3.76. The Kier molecular flexibility index (Phi) is 4.79. The molecule has 1 nitrogen and oxygen atoms in total. The lowest BCUT2D eigenvalue weighted by atomic mass is 10.1. The SMILES string of the molecule is C=CCC(CCc1cccs1)NC. The summed E-state index contributed by atoms with van der Waals surface area (Å²) in [5.41, 5.74) is 0. The lowest BCUT2D eigenvalue weighted by molar-refractivity contribution is 0.530. The minimum Gasteiger partial charge on any atom is -0.317 e. The van der Waals surface area contributed by atoms with E-state index in [0.29, 0.717) is 6.04 Å². The lowest BCUT2D eigenvalue weighted by Crippen LogP contribution is -2.24. The zero-order chi connectivity index (χ0) is 9.52. The topological polar surface area (TPSA) is 12.0 Å². The molecule has 1 heterocycles. The zero-order valence-electron chi connectivity index (χ0n) is 8.12. The Balaban J connectivity index is 2.27. The first-order valence-electron chi connectivity index (χ1n) is 4.67. The molecule has 0 amide bonds. The van der Waals surface area contributed by atoms with E-state index in [1.165, 1.54) is 17.7 Å². The van der Waals surface area contributed by atoms with E-state index in [9.17, 15) is 0 Å². The van der Waals surface area contributed by atoms with Crippen LogP contribution in [0.5, 0.6) is 0 Å². The number of rotatable bonds is 6. The molecule has 1 unspecified atom stereocenters. The molecular weight excluding hydrogens is 178 g/mol. The van der Waals surface area contributed by atoms with Crippen molar-refractivity contribution < 1.29 is 0 Å². The average molecular weight is 195 g/mol. The third-order valence-electron chi connectivity index (χ3n) is 2.18. The molecule has 2 heteroatoms. The molecule has 1 aromatic heterocycles. The van der Waals surface area contributed by atoms with Gasteiger partial charge in [0, 0.05) is 10.9 Å². The van der Waals surface area contributed by atoms with Crippen molar-refractivity contribution in [2.75, 3.05) is 7.05 Å². The van der Waals surface area contributed by atoms with Crippen molar-refractivity contribution in [2.45, 2.75) is 25.3 Å². The van der Waals surface area contributed by atoms with Gasteiger partial charge in [0.2, 0.25) is 0 Å². The Morgan fingerprint density at radius 3 is 3.08 bits per heavy atom. The van der Waals surface area contributed by atoms with Crippen LogP contribution < -0.4 is 5.32 Å². The van der Waals surface area contributed by atoms with Gasteiger partial charge in [-0.05, 0) is 37.8 Å². The van der Waals surface area contributed by atoms with Gasteiger partial charge in [-0.25, -0.2) is 0 Å². The van der Waals surface area contributed by atoms with Crippen LogP contribution in [0.15, 0.2) is 30.2 Å². The van der Waals surface area contributed by atoms with Crippen LogP contribution in [-0.2, 0) is 6.42 Å². The first kappa shape index (κ1) is 10.5. The molecule has 0 aromatic carbocycles. The zero-order valence-corrected chi connectivity index (χ0v) is 8.94. The molecule has 0 aliphatic carbocycles. The maximum Gasteiger partial charge on any atom is 0.0102 e. The molecule has 1 atom stereocenters. The van der Waals surface area contributed by atoms with Crippen molar-refractivity contribution in [2.24, 2.45) is 0 Å². The van der Waals surface area contributed by atoms with Gasteiger partial charge in [-0.2, -0.15) is 0 Å². The summed E-state index contributed by atoms with van der Waals surface area (Å²) >= 11 is 1.84. The number of hydrogen-bond acceptors (Lipinski definition) is 2. The number of hydrogen-bond donors (Lipinski definition) is 1. The Hall–Kier alpha value is -0.600. The summed E-state index contributed by atoms with van der Waals surface area (Å²) in [6.07, 6.45) is 5.41. The Morgan fingerprint density at radius 2 is 2.54 bits per heavy atom. The van der Waals surface area contributed by atoms with Crippen LogP contribution >= 0.6 is 11.3 Å². The van der Waals surface area contributed by atoms with Crippen LogP contribution in [0.3, 0.4) is 0 Å². The normalized spacial score (nSPS) is 12.7. The molecule has 0 aliphatic heterocycles. The van der Waals surface area contributed by atoms with E-state index in [0.717, 1.165) is 6.42 Å². The molecule has 72 valence electrons. The number of aryl methyl sites for hydroxylation is 1. The fourth-order valence-corrected chi connectivity index (χ4v) is 2.08. The van der Waals surface area contributed by atoms with Crippen LogP contribution in [-0.4, -0.2) is 13.1 Å². The minimum atomic E-state index is 0.583. The van der Waals surface area contributed by atoms with Crippen molar-refractivity contribution in [3.05, 3.63) is 35.0 Å². The fourth-order valence-electron chi connectivity index (χ4n) is 1.35. The minimum absolute atomic E-state index is 0.583. The van der Waals surface area contributed by atoms with Gasteiger partial charge < -0.3 is 5.32 Å². The Labute approximate surface area is 84.5 Å². The summed E-state index contributed by atoms with van der Waals surface area (Å²) in [5, 5.41) is 5.43. The summed E-state index contributed by atoms with van der Waals surface area (Å²) in [6, 6.07) is 4.90. The standard InChI is InChI=1S/C11H17NS/c1-3-5-10(12-2)7-8-11-6-4-9-13-11/h3-4,6,9-10,12H,1,5,7-8H2,2H3. The molecule has 1 rings (SSSR count). The van der Waals surface area contributed by atoms with E-state index < -0.39 is 0 Å². The Morgan fingerprint density at radius 1 is 1.69 bits per heavy atom. The van der Waals surface area contributed by atoms with E-state index in [4.69, 9.17) is 0 Å². The lowest BCUT2D eigenvalue weighted by Gasteiger charge is -2.12. The molecule has 0 saturated heterocycles. The van der Waals surface area contributed by atoms with Crippen molar-refractivity contribution >= 4 is 11.3 Å². The number of thiophene rings is 1. The van der Waals surface area contributed by atoms with Crippen molar-refractivity contribution in [3.63, 3.8) is 0 Å². The second-order valence-electron chi connectivity index (χ2n) is 3.13. The van der Waals surface area contributed by atoms with E-state index in [1.54, 1.807) is 0 Å². The quantitative estimate of drug-likeness (QED) is 0.688. The third-order valence-corrected chi connectivity index (χ3v) is 3.11. The van der Waals surface area contributed by atoms with Crippen molar-refractivity contribution in [1.29, 1.82) is 0 Å². The highest BCUT2D eigenvalue weighted by atomic mass is 32.1. The second-order valence-corrected chi connectivity index (χ2v) is 4.16. The third kappa shape index (κ3) is 3.75. The van der Waals surface area contributed by atoms with E-state index in [-0.39, 0.29) is 0 Å². The molecule has 1 aromatic rings. The summed E-state index contributed by atoms with van der Waals surface area (Å²) in [6.45, 7) is 3.76. The summed E-state index contributed by atoms with van der Waals surface area (Å²) in [7, 11) is 2.02. The molecule has 13 heavy (non-hydrogen) atoms. The van der Waals surface area contributed by atoms with E-state index >= 15 is 0 Å². The fraction of sp³-hybridized carbons (Fsp3) is 0.455. The predicted molar refractivity (Wildman–Crippen MR) is 60.3 cm³/mol. The first-order chi connectivity index (χ1) is 6.36. The van der Waals surface area contributed by atoms with Crippen LogP contribution in [0, 0.1) is 0 Å². The predicted octanol–water partition coefficient (Wildman–Crippen LogP) is 2.84. The maximum atomic E-state index is 3.76. The molecule has 0 aliphatic rings. The van der Waals surface area contributed by atoms with Crippen molar-refractivity contribution in [1.82, 2.24) is 5.32 Å². The van der Waals surface area contributed by atoms with Crippen molar-refractivity contribution in [3.8, 4) is 0 Å². The largest absolute Gasteiger partial charge is 0.317 e. The molecule has 0 bridgehead atoms. The van der Waals surface area contributed by atoms with Gasteiger partial charge in [-0.1, -0.05) is 12.1 Å². The van der Waals surface area contributed by atoms with Crippen LogP contribution in [0.1, 0.15) is 17.7 Å². The highest BCUT2D eigenvalue weighted by molar-refractivity contribution is 7.09. The number of nitrogens with one attached hydrogen (secondary N) is 1. The summed E-state index contributed by atoms with van der Waals surface area (Å²) < 4.78 is 0. The van der Waals surface area contributed by atoms with Crippen LogP contribution in [0.4, 0.5) is 0 Å². The van der Waals surface area contributed by atoms with Gasteiger partial charge in [0.05, 0.1) is 0 Å². The molecule has 0 spiro atoms. The molecule has 0 fully saturated rings. The second kappa shape index (κ2) is 5.95. The molecule has 1 N–H and O–H groups in total. The van der Waals surface area contributed by atoms with Gasteiger partial charge >= 0.3 is 0 Å². The van der Waals surface area contributed by atoms with E-state index in [2.05, 4.69) is 29.4 Å². The van der Waals surface area contributed by atoms with Crippen LogP contribution in [0.2, 0.25) is 0 Å². The van der Waals surface area contributed by atoms with Gasteiger partial charge in [0.25, 0.3) is 0 Å². The monoisotopic (exact) mass is 195 g/mol. The van der Waals surface area contributed by atoms with Gasteiger partial charge in [0.15, 0.2) is 0 Å². The van der Waals surface area contributed by atoms with Gasteiger partial charge in [0.1, 0.15) is 0 Å². The highest BCUT2D eigenvalue weighted by Crippen LogP contribution is 2.12. The van der Waals surface area contributed by atoms with Crippen LogP contribution in [0.25, 0.3) is 0 Å². The first-order valence-corrected chi connectivity index (χ1v) is 5.55. The molecule has 0 saturated carbocycles. The summed E-state index contributed by atoms with van der Waals surface area (Å²) in [5.74, 6) is 0. The van der Waals surface area contributed by atoms with E-state index in [1.807, 2.05) is 24.5 Å². The molecular formula is C11H17NS. The highest BCUT2D eigenvalue weighted by Gasteiger charge is 2.03. The Bertz CT molecular complexity index is 228. The average Bonchev–Trinajstić information content (AvgIpc) is 2.64.